The summed E-state index contributed by atoms with van der Waals surface area (Å²) in [6.07, 6.45) is 3.29. The highest BCUT2D eigenvalue weighted by molar-refractivity contribution is 6.00. The van der Waals surface area contributed by atoms with Gasteiger partial charge in [-0.1, -0.05) is 0 Å². The molecule has 0 aromatic carbocycles. The van der Waals surface area contributed by atoms with E-state index in [1.165, 1.54) is 0 Å². The molecule has 6 heteroatoms. The minimum atomic E-state index is -0.0241. The van der Waals surface area contributed by atoms with E-state index in [-0.39, 0.29) is 5.88 Å². The van der Waals surface area contributed by atoms with Crippen LogP contribution < -0.4 is 4.90 Å². The lowest BCUT2D eigenvalue weighted by Crippen LogP contribution is -2.09. The maximum Gasteiger partial charge on any atom is 0.211 e. The van der Waals surface area contributed by atoms with Crippen molar-refractivity contribution in [2.75, 3.05) is 19.0 Å². The van der Waals surface area contributed by atoms with Crippen molar-refractivity contribution in [2.24, 2.45) is 0 Å². The van der Waals surface area contributed by atoms with Crippen molar-refractivity contribution in [1.29, 1.82) is 0 Å². The van der Waals surface area contributed by atoms with Gasteiger partial charge in [-0.2, -0.15) is 5.10 Å². The van der Waals surface area contributed by atoms with Gasteiger partial charge in [-0.3, -0.25) is 5.10 Å². The smallest absolute Gasteiger partial charge is 0.211 e. The third-order valence-corrected chi connectivity index (χ3v) is 2.94. The lowest BCUT2D eigenvalue weighted by atomic mass is 10.1. The predicted molar refractivity (Wildman–Crippen MR) is 73.1 cm³/mol. The molecule has 0 unspecified atom stereocenters. The van der Waals surface area contributed by atoms with Crippen molar-refractivity contribution in [1.82, 2.24) is 20.2 Å². The van der Waals surface area contributed by atoms with Gasteiger partial charge in [0.15, 0.2) is 5.65 Å². The molecule has 3 aromatic rings. The Morgan fingerprint density at radius 3 is 2.68 bits per heavy atom. The van der Waals surface area contributed by atoms with Crippen LogP contribution in [0.1, 0.15) is 0 Å². The molecule has 0 saturated heterocycles. The summed E-state index contributed by atoms with van der Waals surface area (Å²) >= 11 is 0. The Bertz CT molecular complexity index is 735. The average molecular weight is 255 g/mol. The highest BCUT2D eigenvalue weighted by Gasteiger charge is 2.14. The van der Waals surface area contributed by atoms with Crippen molar-refractivity contribution in [3.8, 4) is 17.1 Å². The fraction of sp³-hybridized carbons (Fsp3) is 0.154. The van der Waals surface area contributed by atoms with E-state index in [4.69, 9.17) is 0 Å². The number of anilines is 1. The van der Waals surface area contributed by atoms with Crippen LogP contribution in [0, 0.1) is 0 Å². The van der Waals surface area contributed by atoms with E-state index in [2.05, 4.69) is 20.2 Å². The molecule has 3 rings (SSSR count). The summed E-state index contributed by atoms with van der Waals surface area (Å²) in [5.74, 6) is -0.0241. The van der Waals surface area contributed by atoms with Gasteiger partial charge in [0.1, 0.15) is 5.69 Å². The van der Waals surface area contributed by atoms with E-state index < -0.39 is 0 Å². The standard InChI is InChI=1S/C13H13N5O/c1-18(2)9-4-6-15-13-11(9)12(16-17-13)8-3-5-14-10(19)7-8/h3-7H,1-2H3,(H,14,19)(H,15,16,17). The van der Waals surface area contributed by atoms with Gasteiger partial charge in [0.25, 0.3) is 0 Å². The number of fused-ring (bicyclic) bond motifs is 1. The van der Waals surface area contributed by atoms with Crippen LogP contribution in [0.5, 0.6) is 5.88 Å². The molecule has 0 amide bonds. The van der Waals surface area contributed by atoms with E-state index >= 15 is 0 Å². The lowest BCUT2D eigenvalue weighted by Gasteiger charge is -2.13. The van der Waals surface area contributed by atoms with E-state index in [0.29, 0.717) is 0 Å². The minimum Gasteiger partial charge on any atom is -0.493 e. The van der Waals surface area contributed by atoms with E-state index in [1.54, 1.807) is 18.5 Å². The molecule has 0 saturated carbocycles. The molecule has 2 N–H and O–H groups in total. The number of rotatable bonds is 2. The second-order valence-corrected chi connectivity index (χ2v) is 4.42. The van der Waals surface area contributed by atoms with Crippen LogP contribution >= 0.6 is 0 Å². The largest absolute Gasteiger partial charge is 0.493 e. The molecule has 0 aliphatic carbocycles. The molecular weight excluding hydrogens is 242 g/mol. The fourth-order valence-electron chi connectivity index (χ4n) is 2.08. The lowest BCUT2D eigenvalue weighted by molar-refractivity contribution is 0.454. The SMILES string of the molecule is CN(C)c1ccnc2[nH]nc(-c3ccnc(O)c3)c12. The highest BCUT2D eigenvalue weighted by atomic mass is 16.3. The van der Waals surface area contributed by atoms with Crippen LogP contribution in [0.2, 0.25) is 0 Å². The van der Waals surface area contributed by atoms with E-state index in [1.807, 2.05) is 31.1 Å². The molecule has 0 fully saturated rings. The normalized spacial score (nSPS) is 10.8. The van der Waals surface area contributed by atoms with Crippen molar-refractivity contribution in [3.63, 3.8) is 0 Å². The molecule has 6 nitrogen and oxygen atoms in total. The first-order valence-electron chi connectivity index (χ1n) is 5.82. The van der Waals surface area contributed by atoms with Crippen LogP contribution in [-0.2, 0) is 0 Å². The maximum absolute atomic E-state index is 9.49. The van der Waals surface area contributed by atoms with E-state index in [9.17, 15) is 5.11 Å². The molecule has 0 bridgehead atoms. The summed E-state index contributed by atoms with van der Waals surface area (Å²) in [4.78, 5) is 10.1. The summed E-state index contributed by atoms with van der Waals surface area (Å²) in [5.41, 5.74) is 3.29. The molecule has 3 heterocycles. The van der Waals surface area contributed by atoms with Gasteiger partial charge in [0, 0.05) is 38.1 Å². The zero-order valence-electron chi connectivity index (χ0n) is 10.6. The van der Waals surface area contributed by atoms with Gasteiger partial charge in [-0.25, -0.2) is 9.97 Å². The van der Waals surface area contributed by atoms with Crippen LogP contribution in [0.15, 0.2) is 30.6 Å². The number of hydrogen-bond acceptors (Lipinski definition) is 5. The Morgan fingerprint density at radius 2 is 1.95 bits per heavy atom. The van der Waals surface area contributed by atoms with Crippen molar-refractivity contribution >= 4 is 16.7 Å². The maximum atomic E-state index is 9.49. The van der Waals surface area contributed by atoms with Crippen LogP contribution in [-0.4, -0.2) is 39.4 Å². The molecule has 0 aliphatic rings. The first kappa shape index (κ1) is 11.5. The van der Waals surface area contributed by atoms with Gasteiger partial charge in [0.2, 0.25) is 5.88 Å². The second kappa shape index (κ2) is 4.24. The molecule has 0 spiro atoms. The summed E-state index contributed by atoms with van der Waals surface area (Å²) in [7, 11) is 3.94. The molecule has 96 valence electrons. The quantitative estimate of drug-likeness (QED) is 0.730. The number of H-pyrrole nitrogens is 1. The minimum absolute atomic E-state index is 0.0241. The summed E-state index contributed by atoms with van der Waals surface area (Å²) in [5, 5.41) is 17.6. The van der Waals surface area contributed by atoms with Crippen molar-refractivity contribution in [3.05, 3.63) is 30.6 Å². The van der Waals surface area contributed by atoms with Crippen molar-refractivity contribution in [2.45, 2.75) is 0 Å². The average Bonchev–Trinajstić information content (AvgIpc) is 2.82. The third kappa shape index (κ3) is 1.87. The van der Waals surface area contributed by atoms with E-state index in [0.717, 1.165) is 28.0 Å². The van der Waals surface area contributed by atoms with Gasteiger partial charge >= 0.3 is 0 Å². The van der Waals surface area contributed by atoms with Crippen molar-refractivity contribution < 1.29 is 5.11 Å². The van der Waals surface area contributed by atoms with Gasteiger partial charge < -0.3 is 10.0 Å². The number of aromatic hydroxyl groups is 1. The summed E-state index contributed by atoms with van der Waals surface area (Å²) in [6, 6.07) is 5.33. The van der Waals surface area contributed by atoms with Crippen LogP contribution in [0.3, 0.4) is 0 Å². The molecule has 0 aliphatic heterocycles. The zero-order valence-corrected chi connectivity index (χ0v) is 10.6. The third-order valence-electron chi connectivity index (χ3n) is 2.94. The number of hydrogen-bond donors (Lipinski definition) is 2. The summed E-state index contributed by atoms with van der Waals surface area (Å²) in [6.45, 7) is 0. The topological polar surface area (TPSA) is 77.9 Å². The van der Waals surface area contributed by atoms with Crippen LogP contribution in [0.25, 0.3) is 22.3 Å². The highest BCUT2D eigenvalue weighted by Crippen LogP contribution is 2.32. The Labute approximate surface area is 109 Å². The first-order valence-corrected chi connectivity index (χ1v) is 5.82. The number of nitrogens with one attached hydrogen (secondary N) is 1. The molecular formula is C13H13N5O. The van der Waals surface area contributed by atoms with Gasteiger partial charge in [-0.05, 0) is 12.1 Å². The predicted octanol–water partition coefficient (Wildman–Crippen LogP) is 1.79. The monoisotopic (exact) mass is 255 g/mol. The second-order valence-electron chi connectivity index (χ2n) is 4.42. The number of aromatic amines is 1. The Morgan fingerprint density at radius 1 is 1.16 bits per heavy atom. The molecule has 0 radical (unpaired) electrons. The summed E-state index contributed by atoms with van der Waals surface area (Å²) < 4.78 is 0. The number of pyridine rings is 2. The Hall–Kier alpha value is -2.63. The van der Waals surface area contributed by atoms with Gasteiger partial charge in [0.05, 0.1) is 11.1 Å². The first-order chi connectivity index (χ1) is 9.16. The molecule has 3 aromatic heterocycles. The van der Waals surface area contributed by atoms with Crippen LogP contribution in [0.4, 0.5) is 5.69 Å². The van der Waals surface area contributed by atoms with Gasteiger partial charge in [-0.15, -0.1) is 0 Å². The Kier molecular flexibility index (Phi) is 2.56. The fourth-order valence-corrected chi connectivity index (χ4v) is 2.08. The zero-order chi connectivity index (χ0) is 13.4. The molecule has 0 atom stereocenters. The number of nitrogens with zero attached hydrogens (tertiary/aromatic N) is 4. The number of aromatic nitrogens is 4. The molecule has 19 heavy (non-hydrogen) atoms. The Balaban J connectivity index is 2.30.